The summed E-state index contributed by atoms with van der Waals surface area (Å²) in [7, 11) is 1.99. The van der Waals surface area contributed by atoms with Gasteiger partial charge in [-0.05, 0) is 26.0 Å². The standard InChI is InChI=1S/C10H15N.C6H12N4/c1-9(11-2)8-10-6-4-3-5-7-10;1-7-2-9-4-8(1)5-10(3-7)6-9/h3-7,9,11H,8H2,1-2H3;1-6H2/t9-;/m0./s1. The van der Waals surface area contributed by atoms with Gasteiger partial charge in [-0.3, -0.25) is 19.6 Å². The van der Waals surface area contributed by atoms with E-state index in [0.29, 0.717) is 6.04 Å². The number of rotatable bonds is 3. The summed E-state index contributed by atoms with van der Waals surface area (Å²) in [6.45, 7) is 9.31. The Morgan fingerprint density at radius 3 is 1.67 bits per heavy atom. The highest BCUT2D eigenvalue weighted by atomic mass is 15.7. The van der Waals surface area contributed by atoms with Crippen LogP contribution in [-0.4, -0.2) is 72.7 Å². The first-order valence-corrected chi connectivity index (χ1v) is 7.83. The molecule has 0 amide bonds. The number of likely N-dealkylation sites (N-methyl/N-ethyl adjacent to an activating group) is 1. The maximum Gasteiger partial charge on any atom is 0.0555 e. The smallest absolute Gasteiger partial charge is 0.0555 e. The molecule has 4 aliphatic rings. The SMILES string of the molecule is C1N2CN3CN1CN(C2)C3.CN[C@@H](C)Cc1ccccc1. The third-order valence-electron chi connectivity index (χ3n) is 4.28. The number of nitrogens with zero attached hydrogens (tertiary/aromatic N) is 4. The molecule has 5 nitrogen and oxygen atoms in total. The fourth-order valence-corrected chi connectivity index (χ4v) is 3.30. The summed E-state index contributed by atoms with van der Waals surface area (Å²) >= 11 is 0. The predicted octanol–water partition coefficient (Wildman–Crippen LogP) is 0.817. The van der Waals surface area contributed by atoms with Crippen molar-refractivity contribution in [3.05, 3.63) is 35.9 Å². The van der Waals surface area contributed by atoms with Crippen LogP contribution in [0.15, 0.2) is 30.3 Å². The van der Waals surface area contributed by atoms with Crippen molar-refractivity contribution in [2.45, 2.75) is 19.4 Å². The molecular weight excluding hydrogens is 262 g/mol. The van der Waals surface area contributed by atoms with Gasteiger partial charge in [-0.1, -0.05) is 30.3 Å². The fourth-order valence-electron chi connectivity index (χ4n) is 3.30. The number of nitrogens with one attached hydrogen (secondary N) is 1. The molecule has 0 radical (unpaired) electrons. The zero-order valence-corrected chi connectivity index (χ0v) is 13.2. The highest BCUT2D eigenvalue weighted by Crippen LogP contribution is 2.20. The van der Waals surface area contributed by atoms with E-state index in [4.69, 9.17) is 0 Å². The molecule has 5 heteroatoms. The van der Waals surface area contributed by atoms with E-state index >= 15 is 0 Å². The second-order valence-electron chi connectivity index (χ2n) is 6.41. The van der Waals surface area contributed by atoms with Crippen molar-refractivity contribution < 1.29 is 0 Å². The average molecular weight is 289 g/mol. The van der Waals surface area contributed by atoms with Crippen LogP contribution < -0.4 is 5.32 Å². The quantitative estimate of drug-likeness (QED) is 0.888. The Bertz CT molecular complexity index is 379. The fraction of sp³-hybridized carbons (Fsp3) is 0.625. The molecule has 1 aromatic rings. The Kier molecular flexibility index (Phi) is 4.87. The van der Waals surface area contributed by atoms with Crippen LogP contribution in [0.5, 0.6) is 0 Å². The zero-order valence-electron chi connectivity index (χ0n) is 13.2. The van der Waals surface area contributed by atoms with E-state index in [1.54, 1.807) is 0 Å². The third-order valence-corrected chi connectivity index (χ3v) is 4.28. The van der Waals surface area contributed by atoms with Crippen molar-refractivity contribution >= 4 is 0 Å². The molecule has 4 saturated heterocycles. The van der Waals surface area contributed by atoms with Gasteiger partial charge in [-0.2, -0.15) is 0 Å². The molecule has 21 heavy (non-hydrogen) atoms. The second-order valence-corrected chi connectivity index (χ2v) is 6.41. The average Bonchev–Trinajstić information content (AvgIpc) is 2.47. The molecule has 0 unspecified atom stereocenters. The Hall–Kier alpha value is -0.980. The van der Waals surface area contributed by atoms with E-state index in [2.05, 4.69) is 56.1 Å². The summed E-state index contributed by atoms with van der Waals surface area (Å²) < 4.78 is 0. The molecule has 4 heterocycles. The van der Waals surface area contributed by atoms with Gasteiger partial charge in [0.25, 0.3) is 0 Å². The minimum Gasteiger partial charge on any atom is -0.317 e. The van der Waals surface area contributed by atoms with E-state index in [1.807, 2.05) is 13.1 Å². The molecule has 0 aromatic heterocycles. The lowest BCUT2D eigenvalue weighted by Crippen LogP contribution is -2.71. The van der Waals surface area contributed by atoms with Crippen LogP contribution in [0.2, 0.25) is 0 Å². The Morgan fingerprint density at radius 2 is 1.29 bits per heavy atom. The molecule has 1 atom stereocenters. The monoisotopic (exact) mass is 289 g/mol. The first-order chi connectivity index (χ1) is 10.2. The van der Waals surface area contributed by atoms with Crippen molar-refractivity contribution in [2.24, 2.45) is 0 Å². The van der Waals surface area contributed by atoms with E-state index in [1.165, 1.54) is 45.6 Å². The normalized spacial score (nSPS) is 34.2. The molecule has 0 saturated carbocycles. The van der Waals surface area contributed by atoms with E-state index in [9.17, 15) is 0 Å². The summed E-state index contributed by atoms with van der Waals surface area (Å²) in [6.07, 6.45) is 1.11. The van der Waals surface area contributed by atoms with Gasteiger partial charge in [0, 0.05) is 6.04 Å². The summed E-state index contributed by atoms with van der Waals surface area (Å²) in [5, 5.41) is 3.21. The van der Waals surface area contributed by atoms with Crippen molar-refractivity contribution in [3.8, 4) is 0 Å². The Labute approximate surface area is 128 Å². The lowest BCUT2D eigenvalue weighted by molar-refractivity contribution is -0.194. The minimum atomic E-state index is 0.567. The molecular formula is C16H27N5. The largest absolute Gasteiger partial charge is 0.317 e. The summed E-state index contributed by atoms with van der Waals surface area (Å²) in [6, 6.07) is 11.1. The van der Waals surface area contributed by atoms with E-state index in [-0.39, 0.29) is 0 Å². The maximum absolute atomic E-state index is 3.21. The number of benzene rings is 1. The molecule has 1 N–H and O–H groups in total. The van der Waals surface area contributed by atoms with Crippen molar-refractivity contribution in [1.29, 1.82) is 0 Å². The van der Waals surface area contributed by atoms with Gasteiger partial charge in [-0.15, -0.1) is 0 Å². The molecule has 4 aliphatic heterocycles. The van der Waals surface area contributed by atoms with Crippen molar-refractivity contribution in [1.82, 2.24) is 24.9 Å². The zero-order chi connectivity index (χ0) is 14.7. The van der Waals surface area contributed by atoms with Crippen LogP contribution in [0, 0.1) is 0 Å². The van der Waals surface area contributed by atoms with Gasteiger partial charge in [0.2, 0.25) is 0 Å². The van der Waals surface area contributed by atoms with Gasteiger partial charge < -0.3 is 5.32 Å². The topological polar surface area (TPSA) is 25.0 Å². The highest BCUT2D eigenvalue weighted by molar-refractivity contribution is 5.15. The van der Waals surface area contributed by atoms with Gasteiger partial charge in [0.05, 0.1) is 40.0 Å². The van der Waals surface area contributed by atoms with Gasteiger partial charge >= 0.3 is 0 Å². The Balaban J connectivity index is 0.000000126. The molecule has 5 rings (SSSR count). The molecule has 0 aliphatic carbocycles. The number of hydrogen-bond donors (Lipinski definition) is 1. The molecule has 4 bridgehead atoms. The second kappa shape index (κ2) is 6.85. The predicted molar refractivity (Wildman–Crippen MR) is 85.2 cm³/mol. The van der Waals surface area contributed by atoms with Gasteiger partial charge in [0.1, 0.15) is 0 Å². The van der Waals surface area contributed by atoms with Crippen LogP contribution in [0.3, 0.4) is 0 Å². The van der Waals surface area contributed by atoms with Crippen molar-refractivity contribution in [2.75, 3.05) is 47.1 Å². The molecule has 116 valence electrons. The van der Waals surface area contributed by atoms with Crippen LogP contribution in [0.25, 0.3) is 0 Å². The number of hydrogen-bond acceptors (Lipinski definition) is 5. The highest BCUT2D eigenvalue weighted by Gasteiger charge is 2.36. The summed E-state index contributed by atoms with van der Waals surface area (Å²) in [5.41, 5.74) is 1.40. The lowest BCUT2D eigenvalue weighted by atomic mass is 10.1. The van der Waals surface area contributed by atoms with Crippen molar-refractivity contribution in [3.63, 3.8) is 0 Å². The van der Waals surface area contributed by atoms with Gasteiger partial charge in [-0.25, -0.2) is 0 Å². The van der Waals surface area contributed by atoms with Gasteiger partial charge in [0.15, 0.2) is 0 Å². The third kappa shape index (κ3) is 4.02. The summed E-state index contributed by atoms with van der Waals surface area (Å²) in [4.78, 5) is 9.88. The molecule has 0 spiro atoms. The van der Waals surface area contributed by atoms with E-state index < -0.39 is 0 Å². The van der Waals surface area contributed by atoms with Crippen LogP contribution in [0.4, 0.5) is 0 Å². The Morgan fingerprint density at radius 1 is 0.857 bits per heavy atom. The maximum atomic E-state index is 3.21. The van der Waals surface area contributed by atoms with Crippen LogP contribution in [0.1, 0.15) is 12.5 Å². The molecule has 4 fully saturated rings. The summed E-state index contributed by atoms with van der Waals surface area (Å²) in [5.74, 6) is 0. The van der Waals surface area contributed by atoms with E-state index in [0.717, 1.165) is 6.42 Å². The van der Waals surface area contributed by atoms with Crippen LogP contribution >= 0.6 is 0 Å². The van der Waals surface area contributed by atoms with Crippen LogP contribution in [-0.2, 0) is 6.42 Å². The lowest BCUT2D eigenvalue weighted by Gasteiger charge is -2.56. The first-order valence-electron chi connectivity index (χ1n) is 7.83. The molecule has 1 aromatic carbocycles. The first kappa shape index (κ1) is 14.9. The minimum absolute atomic E-state index is 0.567.